The molecule has 0 fully saturated rings. The molecule has 1 nitrogen and oxygen atoms in total. The van der Waals surface area contributed by atoms with E-state index in [0.29, 0.717) is 0 Å². The van der Waals surface area contributed by atoms with Gasteiger partial charge in [0.15, 0.2) is 0 Å². The van der Waals surface area contributed by atoms with Crippen LogP contribution in [0.3, 0.4) is 0 Å². The Bertz CT molecular complexity index is 11.6. The van der Waals surface area contributed by atoms with Crippen LogP contribution in [0.4, 0.5) is 0 Å². The first-order valence-corrected chi connectivity index (χ1v) is 0. The van der Waals surface area contributed by atoms with Crippen LogP contribution in [0.15, 0.2) is 0 Å². The molecule has 31 valence electrons. The molecule has 0 bridgehead atoms. The second-order valence-corrected chi connectivity index (χ2v) is 0. The molecule has 5 heteroatoms. The van der Waals surface area contributed by atoms with Crippen molar-refractivity contribution in [1.82, 2.24) is 0 Å². The molecule has 0 atom stereocenters. The van der Waals surface area contributed by atoms with Gasteiger partial charge in [-0.05, 0) is 0 Å². The molecule has 0 aromatic heterocycles. The van der Waals surface area contributed by atoms with Gasteiger partial charge in [-0.2, -0.15) is 0 Å². The van der Waals surface area contributed by atoms with Crippen LogP contribution in [0.1, 0.15) is 0 Å². The Morgan fingerprint density at radius 1 is 1.00 bits per heavy atom. The van der Waals surface area contributed by atoms with Gasteiger partial charge >= 0.3 is 0 Å². The van der Waals surface area contributed by atoms with Crippen LogP contribution in [-0.4, -0.2) is 5.48 Å². The minimum Gasteiger partial charge on any atom is -0.412 e. The van der Waals surface area contributed by atoms with Gasteiger partial charge in [0, 0.05) is 70.8 Å². The maximum atomic E-state index is 0. The summed E-state index contributed by atoms with van der Waals surface area (Å²) in [7, 11) is 0. The smallest absolute Gasteiger partial charge is 0 e. The van der Waals surface area contributed by atoms with Gasteiger partial charge in [-0.1, -0.05) is 0 Å². The molecule has 2 N–H and O–H groups in total. The third kappa shape index (κ3) is 23.1. The topological polar surface area (TPSA) is 31.5 Å². The summed E-state index contributed by atoms with van der Waals surface area (Å²) in [6.45, 7) is 0. The summed E-state index contributed by atoms with van der Waals surface area (Å²) < 4.78 is 0. The molecule has 0 heterocycles. The standard InChI is InChI=1S/Fe.H2O.S.Ti.V/h;1H2;;;. The van der Waals surface area contributed by atoms with Gasteiger partial charge in [0.05, 0.1) is 0 Å². The van der Waals surface area contributed by atoms with E-state index < -0.39 is 0 Å². The van der Waals surface area contributed by atoms with Crippen molar-refractivity contribution < 1.29 is 62.8 Å². The maximum absolute atomic E-state index is 0. The Hall–Kier alpha value is 2.13. The predicted molar refractivity (Wildman–Crippen MR) is 11.2 cm³/mol. The predicted octanol–water partition coefficient (Wildman–Crippen LogP) is -0.184. The average Bonchev–Trinajstić information content (AvgIpc) is 0. The van der Waals surface area contributed by atoms with Crippen molar-refractivity contribution >= 4 is 13.5 Å². The summed E-state index contributed by atoms with van der Waals surface area (Å²) >= 11 is 0. The largest absolute Gasteiger partial charge is 0.412 e. The second kappa shape index (κ2) is 35.6. The van der Waals surface area contributed by atoms with Crippen molar-refractivity contribution in [3.8, 4) is 0 Å². The number of hydrogen-bond acceptors (Lipinski definition) is 0. The summed E-state index contributed by atoms with van der Waals surface area (Å²) in [6.07, 6.45) is 0. The fraction of sp³-hybridized carbons (Fsp3) is 0. The third-order valence-corrected chi connectivity index (χ3v) is 0. The van der Waals surface area contributed by atoms with E-state index in [1.54, 1.807) is 0 Å². The van der Waals surface area contributed by atoms with E-state index in [9.17, 15) is 0 Å². The van der Waals surface area contributed by atoms with Crippen molar-refractivity contribution in [2.24, 2.45) is 0 Å². The molecule has 0 aliphatic heterocycles. The van der Waals surface area contributed by atoms with Crippen LogP contribution in [0.25, 0.3) is 0 Å². The summed E-state index contributed by atoms with van der Waals surface area (Å²) in [5, 5.41) is 0. The summed E-state index contributed by atoms with van der Waals surface area (Å²) in [4.78, 5) is 0. The molecule has 0 aromatic carbocycles. The van der Waals surface area contributed by atoms with E-state index in [-0.39, 0.29) is 76.3 Å². The third-order valence-electron chi connectivity index (χ3n) is 0. The molecule has 0 rings (SSSR count). The second-order valence-electron chi connectivity index (χ2n) is 0. The fourth-order valence-corrected chi connectivity index (χ4v) is 0. The van der Waals surface area contributed by atoms with Crippen molar-refractivity contribution in [1.29, 1.82) is 0 Å². The van der Waals surface area contributed by atoms with Crippen LogP contribution < -0.4 is 0 Å². The van der Waals surface area contributed by atoms with Gasteiger partial charge in [0.25, 0.3) is 0 Å². The zero-order valence-corrected chi connectivity index (χ0v) is 7.09. The summed E-state index contributed by atoms with van der Waals surface area (Å²) in [5.41, 5.74) is 0. The normalized spacial score (nSPS) is 0. The van der Waals surface area contributed by atoms with Crippen molar-refractivity contribution in [2.45, 2.75) is 0 Å². The zero-order valence-electron chi connectivity index (χ0n) is 2.21. The molecule has 0 spiro atoms. The van der Waals surface area contributed by atoms with E-state index in [1.165, 1.54) is 0 Å². The zero-order chi connectivity index (χ0) is 0. The Morgan fingerprint density at radius 2 is 1.00 bits per heavy atom. The monoisotopic (exact) mass is 205 g/mol. The van der Waals surface area contributed by atoms with Gasteiger partial charge in [0.2, 0.25) is 0 Å². The fourth-order valence-electron chi connectivity index (χ4n) is 0. The van der Waals surface area contributed by atoms with E-state index in [1.807, 2.05) is 0 Å². The SMILES string of the molecule is O.[Fe].[S].[Ti].[V]. The van der Waals surface area contributed by atoms with Crippen LogP contribution >= 0.6 is 13.5 Å². The van der Waals surface area contributed by atoms with Crippen molar-refractivity contribution in [3.05, 3.63) is 0 Å². The Kier molecular flexibility index (Phi) is 421. The molecule has 3 radical (unpaired) electrons. The molecule has 0 unspecified atom stereocenters. The molecular weight excluding hydrogens is 203 g/mol. The van der Waals surface area contributed by atoms with Gasteiger partial charge < -0.3 is 5.48 Å². The van der Waals surface area contributed by atoms with Gasteiger partial charge in [-0.3, -0.25) is 0 Å². The quantitative estimate of drug-likeness (QED) is 0.491. The first-order chi connectivity index (χ1) is 0. The molecule has 0 amide bonds. The van der Waals surface area contributed by atoms with Gasteiger partial charge in [-0.25, -0.2) is 0 Å². The summed E-state index contributed by atoms with van der Waals surface area (Å²) in [5.74, 6) is 0. The van der Waals surface area contributed by atoms with E-state index >= 15 is 0 Å². The number of hydrogen-bond donors (Lipinski definition) is 0. The first-order valence-electron chi connectivity index (χ1n) is 0. The van der Waals surface area contributed by atoms with Gasteiger partial charge in [-0.15, -0.1) is 0 Å². The van der Waals surface area contributed by atoms with Crippen LogP contribution in [0, 0.1) is 0 Å². The minimum atomic E-state index is 0. The summed E-state index contributed by atoms with van der Waals surface area (Å²) in [6, 6.07) is 0. The Morgan fingerprint density at radius 3 is 1.00 bits per heavy atom. The molecule has 0 saturated carbocycles. The first kappa shape index (κ1) is 59.1. The molecule has 5 heavy (non-hydrogen) atoms. The Labute approximate surface area is 75.7 Å². The van der Waals surface area contributed by atoms with E-state index in [0.717, 1.165) is 0 Å². The van der Waals surface area contributed by atoms with Gasteiger partial charge in [0.1, 0.15) is 0 Å². The van der Waals surface area contributed by atoms with Crippen LogP contribution in [0.2, 0.25) is 0 Å². The van der Waals surface area contributed by atoms with Crippen molar-refractivity contribution in [3.63, 3.8) is 0 Å². The van der Waals surface area contributed by atoms with Crippen molar-refractivity contribution in [2.75, 3.05) is 0 Å². The molecule has 0 aromatic rings. The molecular formula is H2FeOSTiV. The molecule has 0 aliphatic rings. The number of rotatable bonds is 0. The van der Waals surface area contributed by atoms with Crippen LogP contribution in [0.5, 0.6) is 0 Å². The molecule has 0 aliphatic carbocycles. The van der Waals surface area contributed by atoms with E-state index in [4.69, 9.17) is 0 Å². The minimum absolute atomic E-state index is 0. The van der Waals surface area contributed by atoms with E-state index in [2.05, 4.69) is 0 Å². The van der Waals surface area contributed by atoms with Crippen LogP contribution in [-0.2, 0) is 57.3 Å². The maximum Gasteiger partial charge on any atom is 0 e. The average molecular weight is 205 g/mol. The Balaban J connectivity index is 0. The molecule has 0 saturated heterocycles.